The van der Waals surface area contributed by atoms with Gasteiger partial charge in [0.15, 0.2) is 5.58 Å². The number of oxazole rings is 1. The number of aromatic nitrogens is 1. The summed E-state index contributed by atoms with van der Waals surface area (Å²) in [7, 11) is 0. The third-order valence-corrected chi connectivity index (χ3v) is 3.86. The van der Waals surface area contributed by atoms with Gasteiger partial charge in [-0.05, 0) is 47.5 Å². The average molecular weight is 312 g/mol. The fraction of sp³-hybridized carbons (Fsp3) is 0. The summed E-state index contributed by atoms with van der Waals surface area (Å²) in [6, 6.07) is 23.7. The minimum Gasteiger partial charge on any atom is -0.436 e. The van der Waals surface area contributed by atoms with Crippen LogP contribution in [0.5, 0.6) is 0 Å². The van der Waals surface area contributed by atoms with Crippen molar-refractivity contribution in [3.05, 3.63) is 83.9 Å². The van der Waals surface area contributed by atoms with Gasteiger partial charge < -0.3 is 10.2 Å². The van der Waals surface area contributed by atoms with Gasteiger partial charge in [0.2, 0.25) is 5.89 Å². The Morgan fingerprint density at radius 3 is 2.04 bits per heavy atom. The minimum atomic E-state index is 0.644. The van der Waals surface area contributed by atoms with Crippen molar-refractivity contribution < 1.29 is 4.42 Å². The molecule has 3 aromatic carbocycles. The highest BCUT2D eigenvalue weighted by atomic mass is 16.3. The van der Waals surface area contributed by atoms with Crippen molar-refractivity contribution in [2.75, 3.05) is 5.73 Å². The van der Waals surface area contributed by atoms with Crippen LogP contribution < -0.4 is 5.73 Å². The van der Waals surface area contributed by atoms with E-state index in [0.717, 1.165) is 33.5 Å². The number of nitrogens with two attached hydrogens (primary N) is 1. The molecule has 0 fully saturated rings. The van der Waals surface area contributed by atoms with E-state index >= 15 is 0 Å². The smallest absolute Gasteiger partial charge is 0.227 e. The Hall–Kier alpha value is -3.33. The summed E-state index contributed by atoms with van der Waals surface area (Å²) in [5.74, 6) is 0.644. The summed E-state index contributed by atoms with van der Waals surface area (Å²) in [5.41, 5.74) is 11.4. The van der Waals surface area contributed by atoms with Crippen LogP contribution in [0.25, 0.3) is 34.7 Å². The van der Waals surface area contributed by atoms with Crippen LogP contribution in [0.3, 0.4) is 0 Å². The zero-order chi connectivity index (χ0) is 16.4. The second kappa shape index (κ2) is 6.05. The third kappa shape index (κ3) is 2.92. The molecular weight excluding hydrogens is 296 g/mol. The number of benzene rings is 3. The van der Waals surface area contributed by atoms with Gasteiger partial charge in [-0.15, -0.1) is 0 Å². The summed E-state index contributed by atoms with van der Waals surface area (Å²) < 4.78 is 5.79. The summed E-state index contributed by atoms with van der Waals surface area (Å²) in [5, 5.41) is 0. The lowest BCUT2D eigenvalue weighted by atomic mass is 10.1. The summed E-state index contributed by atoms with van der Waals surface area (Å²) in [4.78, 5) is 4.52. The number of rotatable bonds is 3. The number of nitrogens with zero attached hydrogens (tertiary/aromatic N) is 1. The van der Waals surface area contributed by atoms with Crippen LogP contribution in [0, 0.1) is 0 Å². The molecule has 24 heavy (non-hydrogen) atoms. The van der Waals surface area contributed by atoms with Crippen molar-refractivity contribution >= 4 is 28.9 Å². The van der Waals surface area contributed by atoms with Crippen LogP contribution in [-0.2, 0) is 0 Å². The number of nitrogen functional groups attached to an aromatic ring is 1. The van der Waals surface area contributed by atoms with E-state index in [1.54, 1.807) is 0 Å². The summed E-state index contributed by atoms with van der Waals surface area (Å²) in [6.07, 6.45) is 4.13. The Morgan fingerprint density at radius 1 is 0.750 bits per heavy atom. The normalized spacial score (nSPS) is 11.3. The average Bonchev–Trinajstić information content (AvgIpc) is 3.06. The highest BCUT2D eigenvalue weighted by molar-refractivity contribution is 5.76. The third-order valence-electron chi connectivity index (χ3n) is 3.86. The Labute approximate surface area is 140 Å². The number of hydrogen-bond donors (Lipinski definition) is 1. The molecular formula is C21H16N2O. The summed E-state index contributed by atoms with van der Waals surface area (Å²) in [6.45, 7) is 0. The maximum Gasteiger partial charge on any atom is 0.227 e. The van der Waals surface area contributed by atoms with E-state index in [-0.39, 0.29) is 0 Å². The van der Waals surface area contributed by atoms with Crippen molar-refractivity contribution in [1.82, 2.24) is 4.98 Å². The van der Waals surface area contributed by atoms with Gasteiger partial charge in [0.1, 0.15) is 5.52 Å². The topological polar surface area (TPSA) is 52.0 Å². The molecule has 0 aliphatic heterocycles. The molecule has 1 heterocycles. The molecule has 0 aliphatic carbocycles. The SMILES string of the molecule is Nc1ccc(/C=C/c2ccc(-c3nc4ccccc4o3)cc2)cc1. The first-order valence-corrected chi connectivity index (χ1v) is 7.77. The molecule has 0 saturated heterocycles. The number of hydrogen-bond acceptors (Lipinski definition) is 3. The van der Waals surface area contributed by atoms with Crippen LogP contribution in [0.1, 0.15) is 11.1 Å². The van der Waals surface area contributed by atoms with Gasteiger partial charge in [-0.2, -0.15) is 0 Å². The van der Waals surface area contributed by atoms with Crippen LogP contribution in [-0.4, -0.2) is 4.98 Å². The van der Waals surface area contributed by atoms with E-state index in [0.29, 0.717) is 5.89 Å². The molecule has 0 bridgehead atoms. The van der Waals surface area contributed by atoms with E-state index in [4.69, 9.17) is 10.2 Å². The maximum atomic E-state index is 5.79. The number of anilines is 1. The molecule has 0 unspecified atom stereocenters. The predicted octanol–water partition coefficient (Wildman–Crippen LogP) is 5.25. The largest absolute Gasteiger partial charge is 0.436 e. The Morgan fingerprint density at radius 2 is 1.38 bits per heavy atom. The van der Waals surface area contributed by atoms with Gasteiger partial charge in [-0.3, -0.25) is 0 Å². The molecule has 1 aromatic heterocycles. The van der Waals surface area contributed by atoms with Crippen LogP contribution in [0.2, 0.25) is 0 Å². The molecule has 4 aromatic rings. The molecule has 116 valence electrons. The number of fused-ring (bicyclic) bond motifs is 1. The lowest BCUT2D eigenvalue weighted by molar-refractivity contribution is 0.620. The standard InChI is InChI=1S/C21H16N2O/c22-18-13-9-16(10-14-18)6-5-15-7-11-17(12-8-15)21-23-19-3-1-2-4-20(19)24-21/h1-14H,22H2/b6-5+. The Balaban J connectivity index is 1.57. The van der Waals surface area contributed by atoms with E-state index in [1.165, 1.54) is 0 Å². The first-order valence-electron chi connectivity index (χ1n) is 7.77. The Bertz CT molecular complexity index is 963. The van der Waals surface area contributed by atoms with Crippen LogP contribution in [0.15, 0.2) is 77.2 Å². The van der Waals surface area contributed by atoms with Crippen molar-refractivity contribution in [2.24, 2.45) is 0 Å². The molecule has 3 nitrogen and oxygen atoms in total. The van der Waals surface area contributed by atoms with E-state index in [1.807, 2.05) is 60.7 Å². The molecule has 0 radical (unpaired) electrons. The van der Waals surface area contributed by atoms with Crippen LogP contribution >= 0.6 is 0 Å². The Kier molecular flexibility index (Phi) is 3.60. The van der Waals surface area contributed by atoms with Gasteiger partial charge >= 0.3 is 0 Å². The molecule has 3 heteroatoms. The number of para-hydroxylation sites is 2. The fourth-order valence-corrected chi connectivity index (χ4v) is 2.53. The van der Waals surface area contributed by atoms with Gasteiger partial charge in [0.25, 0.3) is 0 Å². The van der Waals surface area contributed by atoms with Gasteiger partial charge in [-0.25, -0.2) is 4.98 Å². The lowest BCUT2D eigenvalue weighted by Gasteiger charge is -1.98. The lowest BCUT2D eigenvalue weighted by Crippen LogP contribution is -1.82. The van der Waals surface area contributed by atoms with Crippen LogP contribution in [0.4, 0.5) is 5.69 Å². The molecule has 0 amide bonds. The quantitative estimate of drug-likeness (QED) is 0.415. The monoisotopic (exact) mass is 312 g/mol. The predicted molar refractivity (Wildman–Crippen MR) is 99.2 cm³/mol. The molecule has 0 spiro atoms. The molecule has 0 saturated carbocycles. The van der Waals surface area contributed by atoms with E-state index in [9.17, 15) is 0 Å². The molecule has 4 rings (SSSR count). The van der Waals surface area contributed by atoms with Crippen molar-refractivity contribution in [2.45, 2.75) is 0 Å². The molecule has 0 aliphatic rings. The maximum absolute atomic E-state index is 5.79. The van der Waals surface area contributed by atoms with Crippen molar-refractivity contribution in [3.8, 4) is 11.5 Å². The van der Waals surface area contributed by atoms with E-state index < -0.39 is 0 Å². The first kappa shape index (κ1) is 14.3. The first-order chi connectivity index (χ1) is 11.8. The van der Waals surface area contributed by atoms with Crippen molar-refractivity contribution in [3.63, 3.8) is 0 Å². The fourth-order valence-electron chi connectivity index (χ4n) is 2.53. The minimum absolute atomic E-state index is 0.644. The molecule has 2 N–H and O–H groups in total. The van der Waals surface area contributed by atoms with Crippen molar-refractivity contribution in [1.29, 1.82) is 0 Å². The van der Waals surface area contributed by atoms with Gasteiger partial charge in [0.05, 0.1) is 0 Å². The van der Waals surface area contributed by atoms with Gasteiger partial charge in [0, 0.05) is 11.3 Å². The highest BCUT2D eigenvalue weighted by Gasteiger charge is 2.06. The summed E-state index contributed by atoms with van der Waals surface area (Å²) >= 11 is 0. The second-order valence-electron chi connectivity index (χ2n) is 5.61. The zero-order valence-corrected chi connectivity index (χ0v) is 13.0. The highest BCUT2D eigenvalue weighted by Crippen LogP contribution is 2.24. The van der Waals surface area contributed by atoms with Gasteiger partial charge in [-0.1, -0.05) is 48.6 Å². The zero-order valence-electron chi connectivity index (χ0n) is 13.0. The van der Waals surface area contributed by atoms with E-state index in [2.05, 4.69) is 29.3 Å². The second-order valence-corrected chi connectivity index (χ2v) is 5.61. The molecule has 0 atom stereocenters.